The van der Waals surface area contributed by atoms with Crippen molar-refractivity contribution in [2.45, 2.75) is 31.3 Å². The molecule has 2 saturated heterocycles. The largest absolute Gasteiger partial charge is 0.436 e. The zero-order valence-corrected chi connectivity index (χ0v) is 13.2. The Labute approximate surface area is 140 Å². The molecule has 4 rings (SSSR count). The second-order valence-corrected chi connectivity index (χ2v) is 6.30. The third kappa shape index (κ3) is 2.83. The van der Waals surface area contributed by atoms with Gasteiger partial charge in [0.1, 0.15) is 0 Å². The molecule has 3 atom stereocenters. The van der Waals surface area contributed by atoms with Crippen molar-refractivity contribution in [1.29, 1.82) is 5.26 Å². The first kappa shape index (κ1) is 15.4. The minimum atomic E-state index is -0.455. The lowest BCUT2D eigenvalue weighted by molar-refractivity contribution is 0.0120. The van der Waals surface area contributed by atoms with Gasteiger partial charge in [-0.15, -0.1) is 0 Å². The highest BCUT2D eigenvalue weighted by Gasteiger charge is 2.35. The molecule has 3 unspecified atom stereocenters. The lowest BCUT2D eigenvalue weighted by atomic mass is 10.0. The van der Waals surface area contributed by atoms with Crippen molar-refractivity contribution in [2.75, 3.05) is 25.1 Å². The Hall–Kier alpha value is -2.18. The van der Waals surface area contributed by atoms with E-state index in [-0.39, 0.29) is 18.2 Å². The molecule has 3 aliphatic rings. The van der Waals surface area contributed by atoms with Crippen LogP contribution in [0.25, 0.3) is 0 Å². The highest BCUT2D eigenvalue weighted by atomic mass is 16.6. The minimum absolute atomic E-state index is 0.0281. The van der Waals surface area contributed by atoms with E-state index in [0.717, 1.165) is 32.6 Å². The van der Waals surface area contributed by atoms with Crippen molar-refractivity contribution >= 4 is 11.7 Å². The normalized spacial score (nSPS) is 30.1. The van der Waals surface area contributed by atoms with E-state index in [1.54, 1.807) is 18.2 Å². The van der Waals surface area contributed by atoms with Gasteiger partial charge in [-0.05, 0) is 31.0 Å². The summed E-state index contributed by atoms with van der Waals surface area (Å²) in [4.78, 5) is 14.5. The van der Waals surface area contributed by atoms with Crippen LogP contribution in [0.2, 0.25) is 0 Å². The number of nitrogens with zero attached hydrogens (tertiary/aromatic N) is 2. The number of benzene rings is 1. The van der Waals surface area contributed by atoms with E-state index in [9.17, 15) is 4.79 Å². The maximum atomic E-state index is 12.2. The van der Waals surface area contributed by atoms with Gasteiger partial charge in [-0.1, -0.05) is 0 Å². The SMILES string of the molecule is N#Cc1ccc2c(c1)NC(C1CCC(N3CCNC3)NN1)OC2=O. The summed E-state index contributed by atoms with van der Waals surface area (Å²) in [5, 5.41) is 15.6. The summed E-state index contributed by atoms with van der Waals surface area (Å²) < 4.78 is 5.53. The molecule has 0 aliphatic carbocycles. The first-order valence-electron chi connectivity index (χ1n) is 8.22. The zero-order chi connectivity index (χ0) is 16.5. The van der Waals surface area contributed by atoms with Gasteiger partial charge in [0.2, 0.25) is 0 Å². The summed E-state index contributed by atoms with van der Waals surface area (Å²) in [5.74, 6) is -0.356. The molecule has 2 fully saturated rings. The average molecular weight is 328 g/mol. The number of carbonyl (C=O) groups excluding carboxylic acids is 1. The lowest BCUT2D eigenvalue weighted by Gasteiger charge is -2.40. The van der Waals surface area contributed by atoms with Gasteiger partial charge in [-0.3, -0.25) is 4.90 Å². The number of rotatable bonds is 2. The van der Waals surface area contributed by atoms with Gasteiger partial charge < -0.3 is 15.4 Å². The highest BCUT2D eigenvalue weighted by molar-refractivity contribution is 5.97. The van der Waals surface area contributed by atoms with Crippen molar-refractivity contribution in [1.82, 2.24) is 21.1 Å². The maximum absolute atomic E-state index is 12.2. The summed E-state index contributed by atoms with van der Waals surface area (Å²) in [6.45, 7) is 2.94. The van der Waals surface area contributed by atoms with Crippen molar-refractivity contribution in [3.05, 3.63) is 29.3 Å². The fraction of sp³-hybridized carbons (Fsp3) is 0.500. The summed E-state index contributed by atoms with van der Waals surface area (Å²) in [7, 11) is 0. The van der Waals surface area contributed by atoms with E-state index in [4.69, 9.17) is 10.00 Å². The lowest BCUT2D eigenvalue weighted by Crippen LogP contribution is -2.62. The predicted molar refractivity (Wildman–Crippen MR) is 86.6 cm³/mol. The van der Waals surface area contributed by atoms with Gasteiger partial charge in [0.05, 0.1) is 35.1 Å². The van der Waals surface area contributed by atoms with Gasteiger partial charge in [-0.25, -0.2) is 15.6 Å². The number of nitrogens with one attached hydrogen (secondary N) is 4. The molecule has 0 radical (unpaired) electrons. The van der Waals surface area contributed by atoms with Crippen LogP contribution in [0.5, 0.6) is 0 Å². The average Bonchev–Trinajstić information content (AvgIpc) is 3.16. The van der Waals surface area contributed by atoms with Gasteiger partial charge in [0, 0.05) is 19.8 Å². The molecule has 0 spiro atoms. The van der Waals surface area contributed by atoms with Crippen molar-refractivity contribution < 1.29 is 9.53 Å². The molecule has 0 aromatic heterocycles. The number of esters is 1. The standard InChI is InChI=1S/C16H20N6O2/c17-8-10-1-2-11-13(7-10)19-15(24-16(11)23)12-3-4-14(21-20-12)22-6-5-18-9-22/h1-2,7,12,14-15,18-21H,3-6,9H2. The van der Waals surface area contributed by atoms with E-state index < -0.39 is 6.23 Å². The molecule has 3 aliphatic heterocycles. The van der Waals surface area contributed by atoms with Crippen LogP contribution in [-0.4, -0.2) is 49.1 Å². The fourth-order valence-corrected chi connectivity index (χ4v) is 3.43. The Kier molecular flexibility index (Phi) is 4.08. The Morgan fingerprint density at radius 2 is 2.21 bits per heavy atom. The number of ether oxygens (including phenoxy) is 1. The number of nitriles is 1. The molecule has 0 bridgehead atoms. The Balaban J connectivity index is 1.42. The van der Waals surface area contributed by atoms with E-state index in [1.165, 1.54) is 0 Å². The maximum Gasteiger partial charge on any atom is 0.342 e. The smallest absolute Gasteiger partial charge is 0.342 e. The monoisotopic (exact) mass is 328 g/mol. The van der Waals surface area contributed by atoms with Gasteiger partial charge in [-0.2, -0.15) is 5.26 Å². The van der Waals surface area contributed by atoms with Crippen molar-refractivity contribution in [3.63, 3.8) is 0 Å². The van der Waals surface area contributed by atoms with Crippen molar-refractivity contribution in [3.8, 4) is 6.07 Å². The van der Waals surface area contributed by atoms with Crippen LogP contribution in [-0.2, 0) is 4.74 Å². The van der Waals surface area contributed by atoms with Gasteiger partial charge in [0.15, 0.2) is 6.23 Å². The number of hydrazine groups is 1. The molecule has 8 heteroatoms. The summed E-state index contributed by atoms with van der Waals surface area (Å²) in [6, 6.07) is 7.01. The molecule has 126 valence electrons. The molecule has 1 aromatic carbocycles. The minimum Gasteiger partial charge on any atom is -0.436 e. The summed E-state index contributed by atoms with van der Waals surface area (Å²) in [6.07, 6.45) is 1.68. The summed E-state index contributed by atoms with van der Waals surface area (Å²) >= 11 is 0. The topological polar surface area (TPSA) is 101 Å². The molecule has 0 amide bonds. The fourth-order valence-electron chi connectivity index (χ4n) is 3.43. The van der Waals surface area contributed by atoms with E-state index in [0.29, 0.717) is 16.8 Å². The second-order valence-electron chi connectivity index (χ2n) is 6.30. The predicted octanol–water partition coefficient (Wildman–Crippen LogP) is -0.0879. The number of anilines is 1. The third-order valence-corrected chi connectivity index (χ3v) is 4.78. The second kappa shape index (κ2) is 6.37. The van der Waals surface area contributed by atoms with Crippen LogP contribution in [0, 0.1) is 11.3 Å². The molecule has 1 aromatic rings. The van der Waals surface area contributed by atoms with Crippen LogP contribution in [0.4, 0.5) is 5.69 Å². The Morgan fingerprint density at radius 1 is 1.29 bits per heavy atom. The molecule has 24 heavy (non-hydrogen) atoms. The number of carbonyl (C=O) groups is 1. The molecular weight excluding hydrogens is 308 g/mol. The number of hydrogen-bond donors (Lipinski definition) is 4. The van der Waals surface area contributed by atoms with E-state index in [1.807, 2.05) is 0 Å². The first-order valence-corrected chi connectivity index (χ1v) is 8.22. The third-order valence-electron chi connectivity index (χ3n) is 4.78. The van der Waals surface area contributed by atoms with Crippen molar-refractivity contribution in [2.24, 2.45) is 0 Å². The first-order chi connectivity index (χ1) is 11.7. The van der Waals surface area contributed by atoms with Crippen LogP contribution < -0.4 is 21.5 Å². The number of hydrogen-bond acceptors (Lipinski definition) is 8. The molecule has 0 saturated carbocycles. The molecule has 4 N–H and O–H groups in total. The van der Waals surface area contributed by atoms with Gasteiger partial charge >= 0.3 is 5.97 Å². The highest BCUT2D eigenvalue weighted by Crippen LogP contribution is 2.27. The molecular formula is C16H20N6O2. The quantitative estimate of drug-likeness (QED) is 0.559. The van der Waals surface area contributed by atoms with Crippen LogP contribution >= 0.6 is 0 Å². The molecule has 3 heterocycles. The van der Waals surface area contributed by atoms with E-state index >= 15 is 0 Å². The van der Waals surface area contributed by atoms with Gasteiger partial charge in [0.25, 0.3) is 0 Å². The number of fused-ring (bicyclic) bond motifs is 1. The molecule has 8 nitrogen and oxygen atoms in total. The number of cyclic esters (lactones) is 1. The Bertz CT molecular complexity index is 674. The zero-order valence-electron chi connectivity index (χ0n) is 13.2. The summed E-state index contributed by atoms with van der Waals surface area (Å²) in [5.41, 5.74) is 8.24. The van der Waals surface area contributed by atoms with Crippen LogP contribution in [0.3, 0.4) is 0 Å². The van der Waals surface area contributed by atoms with Crippen LogP contribution in [0.1, 0.15) is 28.8 Å². The van der Waals surface area contributed by atoms with Crippen LogP contribution in [0.15, 0.2) is 18.2 Å². The Morgan fingerprint density at radius 3 is 2.92 bits per heavy atom. The van der Waals surface area contributed by atoms with E-state index in [2.05, 4.69) is 32.5 Å².